The largest absolute Gasteiger partial charge is 0.411 e. The van der Waals surface area contributed by atoms with Crippen LogP contribution >= 0.6 is 0 Å². The van der Waals surface area contributed by atoms with Gasteiger partial charge in [0.1, 0.15) is 6.61 Å². The van der Waals surface area contributed by atoms with E-state index in [1.165, 1.54) is 0 Å². The van der Waals surface area contributed by atoms with E-state index in [2.05, 4.69) is 15.0 Å². The van der Waals surface area contributed by atoms with E-state index in [-0.39, 0.29) is 12.6 Å². The van der Waals surface area contributed by atoms with Crippen LogP contribution in [0.3, 0.4) is 0 Å². The molecule has 0 radical (unpaired) electrons. The molecule has 1 aliphatic rings. The minimum atomic E-state index is -4.26. The topological polar surface area (TPSA) is 54.0 Å². The summed E-state index contributed by atoms with van der Waals surface area (Å²) in [6.45, 7) is 3.49. The highest BCUT2D eigenvalue weighted by Gasteiger charge is 2.27. The van der Waals surface area contributed by atoms with Gasteiger partial charge in [-0.1, -0.05) is 0 Å². The van der Waals surface area contributed by atoms with Crippen molar-refractivity contribution in [1.82, 2.24) is 15.1 Å². The maximum absolute atomic E-state index is 11.9. The molecular formula is C14H26F3N3O3. The first-order chi connectivity index (χ1) is 10.9. The molecule has 1 saturated heterocycles. The van der Waals surface area contributed by atoms with Gasteiger partial charge in [0, 0.05) is 59.6 Å². The lowest BCUT2D eigenvalue weighted by molar-refractivity contribution is -0.174. The standard InChI is InChI=1S/C14H26F3N3O3/c1-22-10-2-4-18-13(21)20-8-6-19(7-9-20)5-3-11-23-12-14(15,16)17/h2-12H2,1H3,(H,18,21). The van der Waals surface area contributed by atoms with Crippen LogP contribution in [0.1, 0.15) is 12.8 Å². The van der Waals surface area contributed by atoms with Gasteiger partial charge in [-0.3, -0.25) is 4.90 Å². The van der Waals surface area contributed by atoms with Crippen molar-refractivity contribution in [2.45, 2.75) is 19.0 Å². The summed E-state index contributed by atoms with van der Waals surface area (Å²) in [5, 5.41) is 2.84. The van der Waals surface area contributed by atoms with Gasteiger partial charge in [0.2, 0.25) is 0 Å². The second-order valence-electron chi connectivity index (χ2n) is 5.43. The predicted molar refractivity (Wildman–Crippen MR) is 79.4 cm³/mol. The first kappa shape index (κ1) is 20.0. The Morgan fingerprint density at radius 3 is 2.43 bits per heavy atom. The minimum Gasteiger partial charge on any atom is -0.385 e. The van der Waals surface area contributed by atoms with Gasteiger partial charge in [-0.05, 0) is 12.8 Å². The molecular weight excluding hydrogens is 315 g/mol. The molecule has 1 aliphatic heterocycles. The number of methoxy groups -OCH3 is 1. The van der Waals surface area contributed by atoms with Gasteiger partial charge in [-0.15, -0.1) is 0 Å². The summed E-state index contributed by atoms with van der Waals surface area (Å²) in [5.74, 6) is 0. The predicted octanol–water partition coefficient (Wildman–Crippen LogP) is 1.32. The second kappa shape index (κ2) is 10.7. The number of ether oxygens (including phenoxy) is 2. The Hall–Kier alpha value is -1.06. The number of nitrogens with zero attached hydrogens (tertiary/aromatic N) is 2. The summed E-state index contributed by atoms with van der Waals surface area (Å²) in [6, 6.07) is -0.0748. The van der Waals surface area contributed by atoms with E-state index < -0.39 is 12.8 Å². The Kier molecular flexibility index (Phi) is 9.27. The van der Waals surface area contributed by atoms with Gasteiger partial charge in [0.05, 0.1) is 0 Å². The van der Waals surface area contributed by atoms with Crippen molar-refractivity contribution in [2.24, 2.45) is 0 Å². The fourth-order valence-corrected chi connectivity index (χ4v) is 2.28. The summed E-state index contributed by atoms with van der Waals surface area (Å²) < 4.78 is 45.2. The molecule has 0 aromatic heterocycles. The molecule has 0 aromatic rings. The number of urea groups is 1. The Morgan fingerprint density at radius 2 is 1.83 bits per heavy atom. The molecule has 0 aromatic carbocycles. The number of piperazine rings is 1. The molecule has 1 fully saturated rings. The Balaban J connectivity index is 2.05. The van der Waals surface area contributed by atoms with Crippen LogP contribution in [0.25, 0.3) is 0 Å². The number of halogens is 3. The number of nitrogens with one attached hydrogen (secondary N) is 1. The molecule has 0 unspecified atom stereocenters. The number of alkyl halides is 3. The summed E-state index contributed by atoms with van der Waals surface area (Å²) >= 11 is 0. The molecule has 2 amide bonds. The molecule has 136 valence electrons. The maximum atomic E-state index is 11.9. The average Bonchev–Trinajstić information content (AvgIpc) is 2.50. The molecule has 1 N–H and O–H groups in total. The summed E-state index contributed by atoms with van der Waals surface area (Å²) in [7, 11) is 1.62. The summed E-state index contributed by atoms with van der Waals surface area (Å²) in [5.41, 5.74) is 0. The Labute approximate surface area is 134 Å². The van der Waals surface area contributed by atoms with Crippen molar-refractivity contribution in [2.75, 3.05) is 66.2 Å². The SMILES string of the molecule is COCCCNC(=O)N1CCN(CCCOCC(F)(F)F)CC1. The number of amides is 2. The van der Waals surface area contributed by atoms with Crippen molar-refractivity contribution >= 4 is 6.03 Å². The van der Waals surface area contributed by atoms with E-state index in [4.69, 9.17) is 4.74 Å². The van der Waals surface area contributed by atoms with Gasteiger partial charge in [0.25, 0.3) is 0 Å². The van der Waals surface area contributed by atoms with Crippen LogP contribution in [-0.4, -0.2) is 88.2 Å². The maximum Gasteiger partial charge on any atom is 0.411 e. The van der Waals surface area contributed by atoms with Gasteiger partial charge in [-0.25, -0.2) is 4.79 Å². The van der Waals surface area contributed by atoms with Crippen LogP contribution < -0.4 is 5.32 Å². The number of rotatable bonds is 9. The zero-order valence-electron chi connectivity index (χ0n) is 13.5. The van der Waals surface area contributed by atoms with Crippen molar-refractivity contribution < 1.29 is 27.4 Å². The molecule has 0 spiro atoms. The van der Waals surface area contributed by atoms with Gasteiger partial charge < -0.3 is 19.7 Å². The van der Waals surface area contributed by atoms with Gasteiger partial charge >= 0.3 is 12.2 Å². The van der Waals surface area contributed by atoms with Crippen molar-refractivity contribution in [3.05, 3.63) is 0 Å². The normalized spacial score (nSPS) is 16.6. The molecule has 0 bridgehead atoms. The third-order valence-corrected chi connectivity index (χ3v) is 3.49. The van der Waals surface area contributed by atoms with E-state index in [0.29, 0.717) is 39.2 Å². The second-order valence-corrected chi connectivity index (χ2v) is 5.43. The third-order valence-electron chi connectivity index (χ3n) is 3.49. The minimum absolute atomic E-state index is 0.0748. The van der Waals surface area contributed by atoms with E-state index in [0.717, 1.165) is 19.5 Å². The number of hydrogen-bond donors (Lipinski definition) is 1. The van der Waals surface area contributed by atoms with E-state index in [1.807, 2.05) is 0 Å². The third kappa shape index (κ3) is 9.62. The average molecular weight is 341 g/mol. The lowest BCUT2D eigenvalue weighted by Gasteiger charge is -2.34. The Bertz CT molecular complexity index is 335. The van der Waals surface area contributed by atoms with Gasteiger partial charge in [-0.2, -0.15) is 13.2 Å². The molecule has 1 heterocycles. The van der Waals surface area contributed by atoms with Crippen LogP contribution in [0.15, 0.2) is 0 Å². The molecule has 23 heavy (non-hydrogen) atoms. The van der Waals surface area contributed by atoms with Crippen LogP contribution in [0, 0.1) is 0 Å². The van der Waals surface area contributed by atoms with E-state index in [9.17, 15) is 18.0 Å². The Morgan fingerprint density at radius 1 is 1.13 bits per heavy atom. The van der Waals surface area contributed by atoms with E-state index in [1.54, 1.807) is 12.0 Å². The molecule has 0 aliphatic carbocycles. The summed E-state index contributed by atoms with van der Waals surface area (Å²) in [6.07, 6.45) is -2.93. The highest BCUT2D eigenvalue weighted by molar-refractivity contribution is 5.74. The number of carbonyl (C=O) groups excluding carboxylic acids is 1. The van der Waals surface area contributed by atoms with Crippen LogP contribution in [0.5, 0.6) is 0 Å². The lowest BCUT2D eigenvalue weighted by Crippen LogP contribution is -2.52. The molecule has 6 nitrogen and oxygen atoms in total. The van der Waals surface area contributed by atoms with Crippen molar-refractivity contribution in [3.63, 3.8) is 0 Å². The van der Waals surface area contributed by atoms with Crippen molar-refractivity contribution in [3.8, 4) is 0 Å². The molecule has 0 saturated carbocycles. The quantitative estimate of drug-likeness (QED) is 0.643. The van der Waals surface area contributed by atoms with Crippen LogP contribution in [0.2, 0.25) is 0 Å². The van der Waals surface area contributed by atoms with Crippen LogP contribution in [-0.2, 0) is 9.47 Å². The first-order valence-electron chi connectivity index (χ1n) is 7.81. The fourth-order valence-electron chi connectivity index (χ4n) is 2.28. The number of hydrogen-bond acceptors (Lipinski definition) is 4. The first-order valence-corrected chi connectivity index (χ1v) is 7.81. The fraction of sp³-hybridized carbons (Fsp3) is 0.929. The van der Waals surface area contributed by atoms with Gasteiger partial charge in [0.15, 0.2) is 0 Å². The van der Waals surface area contributed by atoms with Crippen LogP contribution in [0.4, 0.5) is 18.0 Å². The zero-order chi connectivity index (χ0) is 17.1. The monoisotopic (exact) mass is 341 g/mol. The zero-order valence-corrected chi connectivity index (χ0v) is 13.5. The van der Waals surface area contributed by atoms with E-state index >= 15 is 0 Å². The molecule has 1 rings (SSSR count). The lowest BCUT2D eigenvalue weighted by atomic mass is 10.3. The highest BCUT2D eigenvalue weighted by Crippen LogP contribution is 2.14. The molecule has 9 heteroatoms. The smallest absolute Gasteiger partial charge is 0.385 e. The number of carbonyl (C=O) groups is 1. The highest BCUT2D eigenvalue weighted by atomic mass is 19.4. The summed E-state index contributed by atoms with van der Waals surface area (Å²) in [4.78, 5) is 15.8. The van der Waals surface area contributed by atoms with Crippen molar-refractivity contribution in [1.29, 1.82) is 0 Å². The molecule has 0 atom stereocenters.